The second-order valence-corrected chi connectivity index (χ2v) is 3.77. The van der Waals surface area contributed by atoms with E-state index in [-0.39, 0.29) is 16.9 Å². The molecule has 0 aliphatic carbocycles. The Morgan fingerprint density at radius 2 is 2.38 bits per heavy atom. The molecule has 0 radical (unpaired) electrons. The third kappa shape index (κ3) is 2.46. The topological polar surface area (TPSA) is 61.2 Å². The summed E-state index contributed by atoms with van der Waals surface area (Å²) in [4.78, 5) is 26.5. The number of carbonyl (C=O) groups is 1. The minimum atomic E-state index is -2.17. The van der Waals surface area contributed by atoms with Gasteiger partial charge in [-0.1, -0.05) is 0 Å². The van der Waals surface area contributed by atoms with Crippen molar-refractivity contribution in [3.05, 3.63) is 26.8 Å². The molecule has 16 heavy (non-hydrogen) atoms. The van der Waals surface area contributed by atoms with E-state index >= 15 is 0 Å². The first-order valence-corrected chi connectivity index (χ1v) is 5.32. The second-order valence-electron chi connectivity index (χ2n) is 2.92. The fraction of sp³-hybridized carbons (Fsp3) is 0.444. The van der Waals surface area contributed by atoms with E-state index in [1.54, 1.807) is 6.92 Å². The van der Waals surface area contributed by atoms with Gasteiger partial charge in [0.15, 0.2) is 0 Å². The number of hydrogen-bond acceptors (Lipinski definition) is 4. The SMILES string of the molecule is CCOC(=O)C(F)n1c(C)ncc(Br)c1=O. The van der Waals surface area contributed by atoms with Gasteiger partial charge in [-0.15, -0.1) is 0 Å². The number of aromatic nitrogens is 2. The van der Waals surface area contributed by atoms with Gasteiger partial charge in [0, 0.05) is 6.20 Å². The number of halogens is 2. The Labute approximate surface area is 99.4 Å². The first-order valence-electron chi connectivity index (χ1n) is 4.53. The molecule has 0 N–H and O–H groups in total. The number of alkyl halides is 1. The molecule has 5 nitrogen and oxygen atoms in total. The molecular weight excluding hydrogens is 283 g/mol. The third-order valence-corrected chi connectivity index (χ3v) is 2.39. The van der Waals surface area contributed by atoms with Gasteiger partial charge in [-0.2, -0.15) is 0 Å². The second kappa shape index (κ2) is 5.20. The predicted octanol–water partition coefficient (Wildman–Crippen LogP) is 1.35. The molecule has 0 aliphatic heterocycles. The van der Waals surface area contributed by atoms with Crippen molar-refractivity contribution >= 4 is 21.9 Å². The van der Waals surface area contributed by atoms with Crippen molar-refractivity contribution in [2.24, 2.45) is 0 Å². The number of hydrogen-bond donors (Lipinski definition) is 0. The van der Waals surface area contributed by atoms with Gasteiger partial charge >= 0.3 is 5.97 Å². The minimum absolute atomic E-state index is 0.0501. The lowest BCUT2D eigenvalue weighted by atomic mass is 10.5. The standard InChI is InChI=1S/C9H10BrFN2O3/c1-3-16-9(15)7(11)13-5(2)12-4-6(10)8(13)14/h4,7H,3H2,1-2H3. The smallest absolute Gasteiger partial charge is 0.362 e. The maximum Gasteiger partial charge on any atom is 0.362 e. The fourth-order valence-electron chi connectivity index (χ4n) is 1.11. The highest BCUT2D eigenvalue weighted by Crippen LogP contribution is 2.12. The van der Waals surface area contributed by atoms with Crippen LogP contribution in [0.4, 0.5) is 4.39 Å². The number of carbonyl (C=O) groups excluding carboxylic acids is 1. The highest BCUT2D eigenvalue weighted by molar-refractivity contribution is 9.10. The van der Waals surface area contributed by atoms with Crippen molar-refractivity contribution in [1.29, 1.82) is 0 Å². The van der Waals surface area contributed by atoms with E-state index in [4.69, 9.17) is 0 Å². The van der Waals surface area contributed by atoms with E-state index in [1.807, 2.05) is 0 Å². The van der Waals surface area contributed by atoms with Crippen molar-refractivity contribution in [3.63, 3.8) is 0 Å². The van der Waals surface area contributed by atoms with Crippen molar-refractivity contribution in [2.45, 2.75) is 20.1 Å². The lowest BCUT2D eigenvalue weighted by molar-refractivity contribution is -0.153. The average molecular weight is 293 g/mol. The van der Waals surface area contributed by atoms with Crippen LogP contribution in [-0.2, 0) is 9.53 Å². The van der Waals surface area contributed by atoms with Crippen LogP contribution in [0.3, 0.4) is 0 Å². The Morgan fingerprint density at radius 1 is 1.75 bits per heavy atom. The Balaban J connectivity index is 3.18. The summed E-state index contributed by atoms with van der Waals surface area (Å²) in [7, 11) is 0. The minimum Gasteiger partial charge on any atom is -0.462 e. The summed E-state index contributed by atoms with van der Waals surface area (Å²) in [5.41, 5.74) is -0.659. The van der Waals surface area contributed by atoms with Crippen LogP contribution >= 0.6 is 15.9 Å². The molecule has 0 spiro atoms. The van der Waals surface area contributed by atoms with E-state index in [0.717, 1.165) is 0 Å². The number of aryl methyl sites for hydroxylation is 1. The molecule has 1 aromatic rings. The van der Waals surface area contributed by atoms with Crippen LogP contribution in [0.15, 0.2) is 15.5 Å². The Kier molecular flexibility index (Phi) is 4.17. The summed E-state index contributed by atoms with van der Waals surface area (Å²) in [6.07, 6.45) is -0.913. The van der Waals surface area contributed by atoms with Gasteiger partial charge in [-0.25, -0.2) is 14.2 Å². The number of rotatable bonds is 3. The molecule has 0 fully saturated rings. The molecule has 1 atom stereocenters. The zero-order valence-corrected chi connectivity index (χ0v) is 10.3. The Morgan fingerprint density at radius 3 is 2.94 bits per heavy atom. The first-order chi connectivity index (χ1) is 7.49. The van der Waals surface area contributed by atoms with Gasteiger partial charge in [0.2, 0.25) is 0 Å². The molecule has 1 rings (SSSR count). The van der Waals surface area contributed by atoms with Crippen LogP contribution in [0.2, 0.25) is 0 Å². The molecule has 1 aromatic heterocycles. The van der Waals surface area contributed by atoms with Gasteiger partial charge in [0.1, 0.15) is 10.3 Å². The van der Waals surface area contributed by atoms with Crippen LogP contribution in [0.5, 0.6) is 0 Å². The highest BCUT2D eigenvalue weighted by atomic mass is 79.9. The largest absolute Gasteiger partial charge is 0.462 e. The maximum absolute atomic E-state index is 13.6. The molecule has 0 saturated heterocycles. The highest BCUT2D eigenvalue weighted by Gasteiger charge is 2.24. The van der Waals surface area contributed by atoms with Crippen LogP contribution in [0.25, 0.3) is 0 Å². The molecule has 0 aliphatic rings. The van der Waals surface area contributed by atoms with E-state index in [2.05, 4.69) is 25.7 Å². The normalized spacial score (nSPS) is 12.2. The van der Waals surface area contributed by atoms with E-state index in [0.29, 0.717) is 4.57 Å². The molecule has 1 heterocycles. The Hall–Kier alpha value is -1.24. The van der Waals surface area contributed by atoms with Crippen molar-refractivity contribution in [1.82, 2.24) is 9.55 Å². The Bertz CT molecular complexity index is 461. The molecule has 0 aromatic carbocycles. The number of nitrogens with zero attached hydrogens (tertiary/aromatic N) is 2. The summed E-state index contributed by atoms with van der Waals surface area (Å²) < 4.78 is 18.9. The quantitative estimate of drug-likeness (QED) is 0.789. The van der Waals surface area contributed by atoms with Crippen molar-refractivity contribution in [2.75, 3.05) is 6.61 Å². The van der Waals surface area contributed by atoms with Gasteiger partial charge in [-0.3, -0.25) is 9.36 Å². The van der Waals surface area contributed by atoms with Gasteiger partial charge < -0.3 is 4.74 Å². The number of ether oxygens (including phenoxy) is 1. The molecule has 0 bridgehead atoms. The predicted molar refractivity (Wildman–Crippen MR) is 57.7 cm³/mol. The lowest BCUT2D eigenvalue weighted by Gasteiger charge is -2.12. The monoisotopic (exact) mass is 292 g/mol. The number of esters is 1. The van der Waals surface area contributed by atoms with Gasteiger partial charge in [-0.05, 0) is 29.8 Å². The van der Waals surface area contributed by atoms with Crippen molar-refractivity contribution < 1.29 is 13.9 Å². The van der Waals surface area contributed by atoms with Crippen LogP contribution < -0.4 is 5.56 Å². The lowest BCUT2D eigenvalue weighted by Crippen LogP contribution is -2.31. The molecule has 88 valence electrons. The molecule has 7 heteroatoms. The van der Waals surface area contributed by atoms with Gasteiger partial charge in [0.05, 0.1) is 6.61 Å². The van der Waals surface area contributed by atoms with E-state index in [9.17, 15) is 14.0 Å². The zero-order valence-electron chi connectivity index (χ0n) is 8.74. The maximum atomic E-state index is 13.6. The fourth-order valence-corrected chi connectivity index (χ4v) is 1.41. The average Bonchev–Trinajstić information content (AvgIpc) is 2.24. The van der Waals surface area contributed by atoms with Crippen LogP contribution in [0.1, 0.15) is 19.0 Å². The van der Waals surface area contributed by atoms with Gasteiger partial charge in [0.25, 0.3) is 11.9 Å². The van der Waals surface area contributed by atoms with Crippen LogP contribution in [-0.4, -0.2) is 22.1 Å². The molecule has 1 unspecified atom stereocenters. The summed E-state index contributed by atoms with van der Waals surface area (Å²) in [6.45, 7) is 3.04. The van der Waals surface area contributed by atoms with Crippen LogP contribution in [0, 0.1) is 6.92 Å². The first kappa shape index (κ1) is 12.8. The summed E-state index contributed by atoms with van der Waals surface area (Å²) in [5.74, 6) is -0.999. The third-order valence-electron chi connectivity index (χ3n) is 1.84. The van der Waals surface area contributed by atoms with Crippen molar-refractivity contribution in [3.8, 4) is 0 Å². The molecule has 0 saturated carbocycles. The van der Waals surface area contributed by atoms with E-state index < -0.39 is 17.8 Å². The summed E-state index contributed by atoms with van der Waals surface area (Å²) >= 11 is 2.92. The summed E-state index contributed by atoms with van der Waals surface area (Å²) in [5, 5.41) is 0. The zero-order chi connectivity index (χ0) is 12.3. The van der Waals surface area contributed by atoms with E-state index in [1.165, 1.54) is 13.1 Å². The molecular formula is C9H10BrFN2O3. The summed E-state index contributed by atoms with van der Waals surface area (Å²) in [6, 6.07) is 0. The molecule has 0 amide bonds.